The lowest BCUT2D eigenvalue weighted by molar-refractivity contribution is -0.153. The van der Waals surface area contributed by atoms with Gasteiger partial charge >= 0.3 is 5.97 Å². The molecule has 0 bridgehead atoms. The summed E-state index contributed by atoms with van der Waals surface area (Å²) < 4.78 is 7.46. The number of unbranched alkanes of at least 4 members (excludes halogenated alkanes) is 2. The van der Waals surface area contributed by atoms with Crippen molar-refractivity contribution in [1.29, 1.82) is 0 Å². The van der Waals surface area contributed by atoms with Crippen molar-refractivity contribution in [2.75, 3.05) is 24.3 Å². The number of hydrogen-bond donors (Lipinski definition) is 0. The van der Waals surface area contributed by atoms with Crippen molar-refractivity contribution in [1.82, 2.24) is 9.55 Å². The summed E-state index contributed by atoms with van der Waals surface area (Å²) in [7, 11) is 0. The van der Waals surface area contributed by atoms with E-state index >= 15 is 0 Å². The Morgan fingerprint density at radius 3 is 2.53 bits per heavy atom. The number of carbonyl (C=O) groups excluding carboxylic acids is 2. The van der Waals surface area contributed by atoms with E-state index in [1.165, 1.54) is 0 Å². The molecule has 6 nitrogen and oxygen atoms in total. The van der Waals surface area contributed by atoms with Crippen LogP contribution in [0.25, 0.3) is 11.0 Å². The molecule has 0 fully saturated rings. The summed E-state index contributed by atoms with van der Waals surface area (Å²) in [5, 5.41) is 0. The normalized spacial score (nSPS) is 18.1. The Morgan fingerprint density at radius 2 is 1.84 bits per heavy atom. The van der Waals surface area contributed by atoms with Gasteiger partial charge < -0.3 is 9.30 Å². The molecule has 0 spiro atoms. The van der Waals surface area contributed by atoms with Crippen molar-refractivity contribution >= 4 is 40.6 Å². The van der Waals surface area contributed by atoms with Crippen LogP contribution in [0.1, 0.15) is 44.7 Å². The average Bonchev–Trinajstić information content (AvgIpc) is 3.19. The molecule has 2 atom stereocenters. The van der Waals surface area contributed by atoms with E-state index in [0.717, 1.165) is 40.8 Å². The number of esters is 1. The van der Waals surface area contributed by atoms with Gasteiger partial charge in [0.2, 0.25) is 11.9 Å². The molecule has 2 heterocycles. The number of benzene rings is 2. The number of ether oxygens (including phenoxy) is 1. The molecule has 1 aliphatic rings. The van der Waals surface area contributed by atoms with Crippen LogP contribution in [-0.4, -0.2) is 40.8 Å². The van der Waals surface area contributed by atoms with Crippen LogP contribution in [0.15, 0.2) is 53.4 Å². The molecule has 0 aliphatic carbocycles. The number of imidazole rings is 1. The van der Waals surface area contributed by atoms with Gasteiger partial charge in [-0.1, -0.05) is 44.0 Å². The predicted molar refractivity (Wildman–Crippen MR) is 128 cm³/mol. The van der Waals surface area contributed by atoms with Gasteiger partial charge in [0.25, 0.3) is 0 Å². The van der Waals surface area contributed by atoms with E-state index in [4.69, 9.17) is 9.72 Å². The van der Waals surface area contributed by atoms with Gasteiger partial charge in [-0.15, -0.1) is 11.8 Å². The van der Waals surface area contributed by atoms with Gasteiger partial charge in [-0.05, 0) is 49.4 Å². The highest BCUT2D eigenvalue weighted by Gasteiger charge is 2.47. The number of thioether (sulfide) groups is 1. The summed E-state index contributed by atoms with van der Waals surface area (Å²) in [5.41, 5.74) is 2.61. The fraction of sp³-hybridized carbons (Fsp3) is 0.400. The highest BCUT2D eigenvalue weighted by atomic mass is 32.2. The van der Waals surface area contributed by atoms with E-state index in [0.29, 0.717) is 12.5 Å². The monoisotopic (exact) mass is 451 g/mol. The largest absolute Gasteiger partial charge is 0.465 e. The molecule has 0 unspecified atom stereocenters. The second-order valence-electron chi connectivity index (χ2n) is 7.92. The van der Waals surface area contributed by atoms with Gasteiger partial charge in [0.1, 0.15) is 0 Å². The van der Waals surface area contributed by atoms with Crippen LogP contribution in [0.5, 0.6) is 0 Å². The van der Waals surface area contributed by atoms with Crippen LogP contribution in [-0.2, 0) is 14.3 Å². The number of aromatic nitrogens is 2. The lowest BCUT2D eigenvalue weighted by Crippen LogP contribution is -2.50. The third kappa shape index (κ3) is 4.01. The number of anilines is 1. The van der Waals surface area contributed by atoms with Crippen LogP contribution in [0.2, 0.25) is 0 Å². The lowest BCUT2D eigenvalue weighted by atomic mass is 9.89. The van der Waals surface area contributed by atoms with E-state index < -0.39 is 17.9 Å². The summed E-state index contributed by atoms with van der Waals surface area (Å²) in [6.07, 6.45) is 4.93. The van der Waals surface area contributed by atoms with E-state index in [1.807, 2.05) is 54.8 Å². The number of nitrogens with zero attached hydrogens (tertiary/aromatic N) is 3. The Morgan fingerprint density at radius 1 is 1.09 bits per heavy atom. The number of para-hydroxylation sites is 2. The first-order valence-corrected chi connectivity index (χ1v) is 12.4. The summed E-state index contributed by atoms with van der Waals surface area (Å²) in [4.78, 5) is 34.5. The second kappa shape index (κ2) is 9.77. The van der Waals surface area contributed by atoms with E-state index in [2.05, 4.69) is 11.5 Å². The van der Waals surface area contributed by atoms with Crippen LogP contribution in [0.3, 0.4) is 0 Å². The zero-order chi connectivity index (χ0) is 22.7. The maximum absolute atomic E-state index is 13.8. The quantitative estimate of drug-likeness (QED) is 0.207. The highest BCUT2D eigenvalue weighted by Crippen LogP contribution is 2.41. The zero-order valence-corrected chi connectivity index (χ0v) is 19.6. The maximum Gasteiger partial charge on any atom is 0.321 e. The number of rotatable bonds is 8. The molecule has 3 aromatic rings. The number of fused-ring (bicyclic) bond motifs is 3. The number of carbonyl (C=O) groups is 2. The van der Waals surface area contributed by atoms with E-state index in [1.54, 1.807) is 23.6 Å². The maximum atomic E-state index is 13.8. The molecule has 1 aliphatic heterocycles. The van der Waals surface area contributed by atoms with Gasteiger partial charge in [0.05, 0.1) is 23.7 Å². The summed E-state index contributed by atoms with van der Waals surface area (Å²) >= 11 is 1.66. The van der Waals surface area contributed by atoms with Crippen molar-refractivity contribution in [3.8, 4) is 0 Å². The minimum atomic E-state index is -0.957. The van der Waals surface area contributed by atoms with Crippen molar-refractivity contribution in [3.63, 3.8) is 0 Å². The molecule has 0 N–H and O–H groups in total. The predicted octanol–water partition coefficient (Wildman–Crippen LogP) is 5.06. The molecule has 1 amide bonds. The fourth-order valence-corrected chi connectivity index (χ4v) is 4.79. The van der Waals surface area contributed by atoms with Gasteiger partial charge in [-0.3, -0.25) is 14.5 Å². The van der Waals surface area contributed by atoms with Crippen molar-refractivity contribution < 1.29 is 14.3 Å². The Labute approximate surface area is 193 Å². The first-order valence-electron chi connectivity index (χ1n) is 11.2. The molecule has 32 heavy (non-hydrogen) atoms. The molecule has 168 valence electrons. The van der Waals surface area contributed by atoms with Gasteiger partial charge in [0.15, 0.2) is 5.92 Å². The van der Waals surface area contributed by atoms with Crippen LogP contribution < -0.4 is 4.90 Å². The molecule has 2 aromatic carbocycles. The van der Waals surface area contributed by atoms with Crippen molar-refractivity contribution in [3.05, 3.63) is 54.1 Å². The molecule has 0 saturated carbocycles. The Kier molecular flexibility index (Phi) is 6.84. The third-order valence-corrected chi connectivity index (χ3v) is 6.67. The molecule has 4 rings (SSSR count). The van der Waals surface area contributed by atoms with Crippen LogP contribution >= 0.6 is 11.8 Å². The zero-order valence-electron chi connectivity index (χ0n) is 18.8. The molecule has 1 aromatic heterocycles. The van der Waals surface area contributed by atoms with Gasteiger partial charge in [-0.25, -0.2) is 4.98 Å². The van der Waals surface area contributed by atoms with Gasteiger partial charge in [-0.2, -0.15) is 0 Å². The molecular formula is C25H29N3O3S. The second-order valence-corrected chi connectivity index (χ2v) is 8.79. The minimum absolute atomic E-state index is 0.230. The third-order valence-electron chi connectivity index (χ3n) is 5.93. The first-order chi connectivity index (χ1) is 15.6. The Balaban J connectivity index is 1.92. The number of amides is 1. The summed E-state index contributed by atoms with van der Waals surface area (Å²) in [6.45, 7) is 4.66. The first kappa shape index (κ1) is 22.4. The molecule has 0 radical (unpaired) electrons. The topological polar surface area (TPSA) is 64.4 Å². The average molecular weight is 452 g/mol. The SMILES string of the molecule is CCCCCN1C(=O)[C@H](C(=O)OCC)[C@@H](c2ccc(SC)cc2)n2c1nc1ccccc12. The van der Waals surface area contributed by atoms with E-state index in [-0.39, 0.29) is 12.5 Å². The highest BCUT2D eigenvalue weighted by molar-refractivity contribution is 7.98. The Bertz CT molecular complexity index is 1110. The Hall–Kier alpha value is -2.80. The molecule has 7 heteroatoms. The summed E-state index contributed by atoms with van der Waals surface area (Å²) in [5.74, 6) is -1.07. The minimum Gasteiger partial charge on any atom is -0.465 e. The lowest BCUT2D eigenvalue weighted by Gasteiger charge is -2.38. The van der Waals surface area contributed by atoms with Crippen LogP contribution in [0, 0.1) is 5.92 Å². The molecule has 0 saturated heterocycles. The van der Waals surface area contributed by atoms with Gasteiger partial charge in [0, 0.05) is 11.4 Å². The fourth-order valence-electron chi connectivity index (χ4n) is 4.38. The van der Waals surface area contributed by atoms with E-state index in [9.17, 15) is 9.59 Å². The van der Waals surface area contributed by atoms with Crippen molar-refractivity contribution in [2.45, 2.75) is 44.0 Å². The molecular weight excluding hydrogens is 422 g/mol. The number of hydrogen-bond acceptors (Lipinski definition) is 5. The standard InChI is InChI=1S/C25H29N3O3S/c1-4-6-9-16-27-23(29)21(24(30)31-5-2)22(17-12-14-18(32-3)15-13-17)28-20-11-8-7-10-19(20)26-25(27)28/h7-8,10-15,21-22H,4-6,9,16H2,1-3H3/t21-,22-/m1/s1. The summed E-state index contributed by atoms with van der Waals surface area (Å²) in [6, 6.07) is 15.4. The smallest absolute Gasteiger partial charge is 0.321 e. The van der Waals surface area contributed by atoms with Crippen molar-refractivity contribution in [2.24, 2.45) is 5.92 Å². The van der Waals surface area contributed by atoms with Crippen LogP contribution in [0.4, 0.5) is 5.95 Å².